The molecule has 36 heavy (non-hydrogen) atoms. The Morgan fingerprint density at radius 2 is 1.67 bits per heavy atom. The molecule has 1 atom stereocenters. The number of halogens is 3. The van der Waals surface area contributed by atoms with E-state index in [0.29, 0.717) is 36.8 Å². The molecule has 11 heteroatoms. The lowest BCUT2D eigenvalue weighted by molar-refractivity contribution is -0.158. The molecule has 0 bridgehead atoms. The van der Waals surface area contributed by atoms with Crippen LogP contribution in [0.15, 0.2) is 54.6 Å². The molecule has 1 aromatic heterocycles. The molecule has 2 N–H and O–H groups in total. The highest BCUT2D eigenvalue weighted by Gasteiger charge is 2.49. The van der Waals surface area contributed by atoms with Crippen LogP contribution in [-0.4, -0.2) is 77.4 Å². The number of fused-ring (bicyclic) bond motifs is 2. The monoisotopic (exact) mass is 499 g/mol. The molecule has 8 nitrogen and oxygen atoms in total. The minimum atomic E-state index is -4.78. The largest absolute Gasteiger partial charge is 0.409 e. The van der Waals surface area contributed by atoms with Crippen LogP contribution in [0, 0.1) is 0 Å². The van der Waals surface area contributed by atoms with E-state index in [1.54, 1.807) is 21.9 Å². The van der Waals surface area contributed by atoms with Crippen molar-refractivity contribution in [2.24, 2.45) is 0 Å². The number of piperazine rings is 1. The summed E-state index contributed by atoms with van der Waals surface area (Å²) in [5.41, 5.74) is 1.50. The van der Waals surface area contributed by atoms with E-state index >= 15 is 0 Å². The summed E-state index contributed by atoms with van der Waals surface area (Å²) in [5.74, 6) is -1.72. The number of alkyl halides is 3. The number of benzene rings is 2. The van der Waals surface area contributed by atoms with Crippen LogP contribution < -0.4 is 10.2 Å². The van der Waals surface area contributed by atoms with Gasteiger partial charge in [-0.05, 0) is 24.3 Å². The number of aromatic nitrogens is 1. The fraction of sp³-hybridized carbons (Fsp3) is 0.320. The van der Waals surface area contributed by atoms with Crippen molar-refractivity contribution >= 4 is 40.0 Å². The lowest BCUT2D eigenvalue weighted by Crippen LogP contribution is -2.55. The molecule has 3 heterocycles. The average Bonchev–Trinajstić information content (AvgIpc) is 3.21. The number of nitrogens with zero attached hydrogens (tertiary/aromatic N) is 3. The Balaban J connectivity index is 1.28. The molecule has 1 saturated heterocycles. The quantitative estimate of drug-likeness (QED) is 0.579. The van der Waals surface area contributed by atoms with Crippen molar-refractivity contribution in [3.8, 4) is 0 Å². The minimum Gasteiger partial charge on any atom is -0.351 e. The minimum absolute atomic E-state index is 0.0169. The van der Waals surface area contributed by atoms with Gasteiger partial charge in [0.05, 0.1) is 24.3 Å². The molecule has 3 amide bonds. The maximum Gasteiger partial charge on any atom is 0.409 e. The van der Waals surface area contributed by atoms with E-state index in [0.717, 1.165) is 10.9 Å². The first-order chi connectivity index (χ1) is 17.2. The van der Waals surface area contributed by atoms with E-state index in [4.69, 9.17) is 0 Å². The van der Waals surface area contributed by atoms with Crippen molar-refractivity contribution < 1.29 is 27.6 Å². The van der Waals surface area contributed by atoms with Crippen molar-refractivity contribution in [3.63, 3.8) is 0 Å². The zero-order chi connectivity index (χ0) is 25.4. The topological polar surface area (TPSA) is 88.8 Å². The number of nitrogens with one attached hydrogen (secondary N) is 2. The number of hydrogen-bond donors (Lipinski definition) is 2. The van der Waals surface area contributed by atoms with Gasteiger partial charge in [0.1, 0.15) is 11.7 Å². The fourth-order valence-electron chi connectivity index (χ4n) is 4.73. The zero-order valence-electron chi connectivity index (χ0n) is 19.2. The predicted molar refractivity (Wildman–Crippen MR) is 128 cm³/mol. The molecule has 1 unspecified atom stereocenters. The van der Waals surface area contributed by atoms with Gasteiger partial charge in [-0.25, -0.2) is 0 Å². The average molecular weight is 499 g/mol. The summed E-state index contributed by atoms with van der Waals surface area (Å²) in [6.45, 7) is 1.08. The van der Waals surface area contributed by atoms with E-state index in [9.17, 15) is 27.6 Å². The number of amides is 3. The highest BCUT2D eigenvalue weighted by Crippen LogP contribution is 2.37. The van der Waals surface area contributed by atoms with Gasteiger partial charge in [-0.2, -0.15) is 13.2 Å². The zero-order valence-corrected chi connectivity index (χ0v) is 19.2. The van der Waals surface area contributed by atoms with Crippen LogP contribution in [0.2, 0.25) is 0 Å². The van der Waals surface area contributed by atoms with Crippen molar-refractivity contribution in [3.05, 3.63) is 60.3 Å². The SMILES string of the molecule is O=C1CC(C(F)(F)F)N(C(=O)CN2CCN(C(=O)c3cc4ccccc4[nH]3)CC2)c2ccccc2N1. The van der Waals surface area contributed by atoms with Crippen LogP contribution in [0.25, 0.3) is 10.9 Å². The molecule has 2 aromatic carbocycles. The summed E-state index contributed by atoms with van der Waals surface area (Å²) in [6, 6.07) is 13.1. The van der Waals surface area contributed by atoms with Crippen LogP contribution in [-0.2, 0) is 9.59 Å². The van der Waals surface area contributed by atoms with Gasteiger partial charge in [0.2, 0.25) is 11.8 Å². The standard InChI is InChI=1S/C25H24F3N5O3/c26-25(27,28)21-14-22(34)30-18-7-3-4-8-20(18)33(21)23(35)15-31-9-11-32(12-10-31)24(36)19-13-16-5-1-2-6-17(16)29-19/h1-8,13,21,29H,9-12,14-15H2,(H,30,34). The number of carbonyl (C=O) groups is 3. The predicted octanol–water partition coefficient (Wildman–Crippen LogP) is 3.23. The highest BCUT2D eigenvalue weighted by atomic mass is 19.4. The lowest BCUT2D eigenvalue weighted by Gasteiger charge is -2.37. The first-order valence-electron chi connectivity index (χ1n) is 11.6. The second-order valence-electron chi connectivity index (χ2n) is 8.93. The Kier molecular flexibility index (Phi) is 6.17. The number of anilines is 2. The van der Waals surface area contributed by atoms with Crippen molar-refractivity contribution in [2.75, 3.05) is 42.9 Å². The molecule has 1 fully saturated rings. The molecule has 188 valence electrons. The van der Waals surface area contributed by atoms with Gasteiger partial charge in [-0.15, -0.1) is 0 Å². The molecule has 0 aliphatic carbocycles. The van der Waals surface area contributed by atoms with E-state index in [1.807, 2.05) is 24.3 Å². The Morgan fingerprint density at radius 1 is 0.972 bits per heavy atom. The summed E-state index contributed by atoms with van der Waals surface area (Å²) in [4.78, 5) is 45.5. The number of aromatic amines is 1. The molecule has 2 aliphatic heterocycles. The lowest BCUT2D eigenvalue weighted by atomic mass is 10.1. The second-order valence-corrected chi connectivity index (χ2v) is 8.93. The molecule has 2 aliphatic rings. The van der Waals surface area contributed by atoms with Crippen LogP contribution in [0.1, 0.15) is 16.9 Å². The summed E-state index contributed by atoms with van der Waals surface area (Å²) >= 11 is 0. The van der Waals surface area contributed by atoms with Gasteiger partial charge in [0.15, 0.2) is 0 Å². The van der Waals surface area contributed by atoms with Crippen LogP contribution in [0.3, 0.4) is 0 Å². The van der Waals surface area contributed by atoms with Gasteiger partial charge < -0.3 is 15.2 Å². The maximum atomic E-state index is 13.9. The third-order valence-electron chi connectivity index (χ3n) is 6.55. The molecular formula is C25H24F3N5O3. The van der Waals surface area contributed by atoms with Crippen LogP contribution >= 0.6 is 0 Å². The Bertz CT molecular complexity index is 1280. The molecule has 0 spiro atoms. The first kappa shape index (κ1) is 23.9. The number of para-hydroxylation sites is 3. The van der Waals surface area contributed by atoms with Gasteiger partial charge in [-0.3, -0.25) is 24.2 Å². The second kappa shape index (κ2) is 9.30. The summed E-state index contributed by atoms with van der Waals surface area (Å²) in [5, 5.41) is 3.39. The van der Waals surface area contributed by atoms with Crippen LogP contribution in [0.5, 0.6) is 0 Å². The molecule has 3 aromatic rings. The normalized spacial score (nSPS) is 19.1. The van der Waals surface area contributed by atoms with E-state index < -0.39 is 30.5 Å². The Labute approximate surface area is 204 Å². The molecule has 0 radical (unpaired) electrons. The van der Waals surface area contributed by atoms with Gasteiger partial charge in [0.25, 0.3) is 5.91 Å². The molecule has 0 saturated carbocycles. The maximum absolute atomic E-state index is 13.9. The van der Waals surface area contributed by atoms with E-state index in [1.165, 1.54) is 18.2 Å². The fourth-order valence-corrected chi connectivity index (χ4v) is 4.73. The Hall–Kier alpha value is -3.86. The van der Waals surface area contributed by atoms with Gasteiger partial charge >= 0.3 is 6.18 Å². The van der Waals surface area contributed by atoms with E-state index in [-0.39, 0.29) is 23.8 Å². The summed E-state index contributed by atoms with van der Waals surface area (Å²) in [6.07, 6.45) is -5.66. The number of hydrogen-bond acceptors (Lipinski definition) is 4. The third-order valence-corrected chi connectivity index (χ3v) is 6.55. The molecular weight excluding hydrogens is 475 g/mol. The van der Waals surface area contributed by atoms with Crippen molar-refractivity contribution in [1.82, 2.24) is 14.8 Å². The van der Waals surface area contributed by atoms with Crippen molar-refractivity contribution in [2.45, 2.75) is 18.6 Å². The smallest absolute Gasteiger partial charge is 0.351 e. The first-order valence-corrected chi connectivity index (χ1v) is 11.6. The van der Waals surface area contributed by atoms with Gasteiger partial charge in [0, 0.05) is 37.1 Å². The number of H-pyrrole nitrogens is 1. The summed E-state index contributed by atoms with van der Waals surface area (Å²) in [7, 11) is 0. The number of rotatable bonds is 3. The highest BCUT2D eigenvalue weighted by molar-refractivity contribution is 6.05. The van der Waals surface area contributed by atoms with Crippen LogP contribution in [0.4, 0.5) is 24.5 Å². The number of carbonyl (C=O) groups excluding carboxylic acids is 3. The Morgan fingerprint density at radius 3 is 2.39 bits per heavy atom. The summed E-state index contributed by atoms with van der Waals surface area (Å²) < 4.78 is 41.8. The van der Waals surface area contributed by atoms with Gasteiger partial charge in [-0.1, -0.05) is 30.3 Å². The molecule has 5 rings (SSSR count). The van der Waals surface area contributed by atoms with Crippen molar-refractivity contribution in [1.29, 1.82) is 0 Å². The third kappa shape index (κ3) is 4.66. The van der Waals surface area contributed by atoms with E-state index in [2.05, 4.69) is 10.3 Å².